The van der Waals surface area contributed by atoms with Crippen LogP contribution in [0, 0.1) is 0 Å². The van der Waals surface area contributed by atoms with Gasteiger partial charge in [-0.2, -0.15) is 5.01 Å². The number of benzene rings is 2. The molecule has 1 unspecified atom stereocenters. The third-order valence-electron chi connectivity index (χ3n) is 4.39. The smallest absolute Gasteiger partial charge is 0.271 e. The molecule has 4 nitrogen and oxygen atoms in total. The van der Waals surface area contributed by atoms with E-state index in [4.69, 9.17) is 34.8 Å². The third kappa shape index (κ3) is 2.45. The van der Waals surface area contributed by atoms with E-state index >= 15 is 0 Å². The number of hydrogen-bond acceptors (Lipinski definition) is 2. The van der Waals surface area contributed by atoms with Gasteiger partial charge >= 0.3 is 6.03 Å². The Labute approximate surface area is 155 Å². The lowest BCUT2D eigenvalue weighted by molar-refractivity contribution is 0.0728. The molecule has 1 atom stereocenters. The van der Waals surface area contributed by atoms with Crippen molar-refractivity contribution in [2.45, 2.75) is 12.6 Å². The highest BCUT2D eigenvalue weighted by Crippen LogP contribution is 2.43. The number of amides is 2. The largest absolute Gasteiger partial charge is 0.340 e. The van der Waals surface area contributed by atoms with Crippen LogP contribution in [0.2, 0.25) is 15.1 Å². The number of hydrogen-bond donors (Lipinski definition) is 0. The molecule has 2 heterocycles. The lowest BCUT2D eigenvalue weighted by Crippen LogP contribution is -2.32. The van der Waals surface area contributed by atoms with E-state index in [1.807, 2.05) is 24.3 Å². The maximum Gasteiger partial charge on any atom is 0.340 e. The van der Waals surface area contributed by atoms with Crippen LogP contribution in [0.4, 0.5) is 10.5 Å². The first-order valence-corrected chi connectivity index (χ1v) is 8.78. The first-order chi connectivity index (χ1) is 11.6. The van der Waals surface area contributed by atoms with Crippen LogP contribution in [-0.2, 0) is 0 Å². The summed E-state index contributed by atoms with van der Waals surface area (Å²) >= 11 is 18.6. The van der Waals surface area contributed by atoms with Crippen molar-refractivity contribution in [1.29, 1.82) is 0 Å². The lowest BCUT2D eigenvalue weighted by Gasteiger charge is -2.28. The van der Waals surface area contributed by atoms with Crippen molar-refractivity contribution in [2.75, 3.05) is 18.0 Å². The van der Waals surface area contributed by atoms with Crippen molar-refractivity contribution in [2.24, 2.45) is 0 Å². The minimum absolute atomic E-state index is 0.0733. The van der Waals surface area contributed by atoms with E-state index in [-0.39, 0.29) is 12.2 Å². The molecular weight excluding hydrogens is 369 g/mol. The van der Waals surface area contributed by atoms with E-state index in [1.165, 1.54) is 0 Å². The number of halogens is 3. The van der Waals surface area contributed by atoms with Gasteiger partial charge in [-0.3, -0.25) is 9.91 Å². The van der Waals surface area contributed by atoms with Crippen LogP contribution >= 0.6 is 34.8 Å². The Morgan fingerprint density at radius 2 is 1.71 bits per heavy atom. The summed E-state index contributed by atoms with van der Waals surface area (Å²) in [5.41, 5.74) is 1.59. The summed E-state index contributed by atoms with van der Waals surface area (Å²) in [7, 11) is 0. The van der Waals surface area contributed by atoms with Crippen LogP contribution in [0.25, 0.3) is 0 Å². The molecule has 2 saturated heterocycles. The summed E-state index contributed by atoms with van der Waals surface area (Å²) in [4.78, 5) is 14.7. The van der Waals surface area contributed by atoms with Gasteiger partial charge in [-0.15, -0.1) is 0 Å². The number of anilines is 1. The highest BCUT2D eigenvalue weighted by molar-refractivity contribution is 6.42. The molecule has 0 radical (unpaired) electrons. The molecule has 0 saturated carbocycles. The summed E-state index contributed by atoms with van der Waals surface area (Å²) in [6.45, 7) is 1.51. The van der Waals surface area contributed by atoms with Gasteiger partial charge in [0.25, 0.3) is 0 Å². The normalized spacial score (nSPS) is 20.8. The van der Waals surface area contributed by atoms with Gasteiger partial charge in [-0.25, -0.2) is 4.79 Å². The minimum atomic E-state index is -0.286. The molecule has 7 heteroatoms. The van der Waals surface area contributed by atoms with Crippen LogP contribution < -0.4 is 4.90 Å². The molecular formula is C17H14Cl3N3O. The second kappa shape index (κ2) is 6.12. The molecule has 2 aromatic rings. The molecule has 0 bridgehead atoms. The number of carbonyl (C=O) groups is 1. The molecule has 2 aromatic carbocycles. The Bertz CT molecular complexity index is 813. The molecule has 0 aromatic heterocycles. The fraction of sp³-hybridized carbons (Fsp3) is 0.235. The van der Waals surface area contributed by atoms with Crippen LogP contribution in [0.5, 0.6) is 0 Å². The van der Waals surface area contributed by atoms with Crippen LogP contribution in [0.3, 0.4) is 0 Å². The van der Waals surface area contributed by atoms with Crippen molar-refractivity contribution in [1.82, 2.24) is 10.0 Å². The van der Waals surface area contributed by atoms with Crippen molar-refractivity contribution >= 4 is 46.5 Å². The molecule has 24 heavy (non-hydrogen) atoms. The second-order valence-corrected chi connectivity index (χ2v) is 7.01. The zero-order valence-corrected chi connectivity index (χ0v) is 14.9. The molecule has 4 rings (SSSR count). The Kier molecular flexibility index (Phi) is 4.09. The first-order valence-electron chi connectivity index (χ1n) is 7.64. The average molecular weight is 383 g/mol. The number of fused-ring (bicyclic) bond motifs is 1. The maximum atomic E-state index is 13.0. The molecule has 124 valence electrons. The monoisotopic (exact) mass is 381 g/mol. The molecule has 0 N–H and O–H groups in total. The van der Waals surface area contributed by atoms with Gasteiger partial charge in [0, 0.05) is 29.4 Å². The first kappa shape index (κ1) is 16.0. The zero-order valence-electron chi connectivity index (χ0n) is 12.6. The van der Waals surface area contributed by atoms with Gasteiger partial charge in [-0.1, -0.05) is 53.0 Å². The Hall–Kier alpha value is -1.46. The molecule has 0 spiro atoms. The zero-order chi connectivity index (χ0) is 16.8. The van der Waals surface area contributed by atoms with Crippen LogP contribution in [0.15, 0.2) is 42.5 Å². The highest BCUT2D eigenvalue weighted by Gasteiger charge is 2.48. The van der Waals surface area contributed by atoms with E-state index in [1.54, 1.807) is 28.1 Å². The summed E-state index contributed by atoms with van der Waals surface area (Å²) in [6.07, 6.45) is 0.660. The molecule has 2 aliphatic rings. The standard InChI is InChI=1S/C17H14Cl3N3O/c18-13-5-2-1-4-12(13)16-21-8-3-9-22(21)17(24)23(16)11-6-7-14(19)15(20)10-11/h1-2,4-7,10,16H,3,8-9H2. The molecule has 2 aliphatic heterocycles. The molecule has 0 aliphatic carbocycles. The number of hydrazine groups is 1. The van der Waals surface area contributed by atoms with E-state index in [2.05, 4.69) is 5.01 Å². The molecule has 2 fully saturated rings. The summed E-state index contributed by atoms with van der Waals surface area (Å²) in [5.74, 6) is 0. The Morgan fingerprint density at radius 1 is 0.917 bits per heavy atom. The number of carbonyl (C=O) groups excluding carboxylic acids is 1. The van der Waals surface area contributed by atoms with E-state index in [0.717, 1.165) is 18.5 Å². The van der Waals surface area contributed by atoms with E-state index < -0.39 is 0 Å². The Balaban J connectivity index is 1.85. The van der Waals surface area contributed by atoms with Crippen molar-refractivity contribution < 1.29 is 4.79 Å². The van der Waals surface area contributed by atoms with Gasteiger partial charge < -0.3 is 0 Å². The lowest BCUT2D eigenvalue weighted by atomic mass is 10.1. The minimum Gasteiger partial charge on any atom is -0.271 e. The van der Waals surface area contributed by atoms with Crippen molar-refractivity contribution in [3.05, 3.63) is 63.1 Å². The van der Waals surface area contributed by atoms with E-state index in [9.17, 15) is 4.79 Å². The quantitative estimate of drug-likeness (QED) is 0.713. The average Bonchev–Trinajstić information content (AvgIpc) is 3.13. The van der Waals surface area contributed by atoms with Gasteiger partial charge in [0.05, 0.1) is 10.0 Å². The van der Waals surface area contributed by atoms with Gasteiger partial charge in [0.15, 0.2) is 0 Å². The Morgan fingerprint density at radius 3 is 2.46 bits per heavy atom. The van der Waals surface area contributed by atoms with Crippen LogP contribution in [-0.4, -0.2) is 29.1 Å². The number of rotatable bonds is 2. The predicted molar refractivity (Wildman–Crippen MR) is 96.6 cm³/mol. The topological polar surface area (TPSA) is 26.8 Å². The van der Waals surface area contributed by atoms with E-state index in [0.29, 0.717) is 27.3 Å². The number of nitrogens with zero attached hydrogens (tertiary/aromatic N) is 3. The highest BCUT2D eigenvalue weighted by atomic mass is 35.5. The summed E-state index contributed by atoms with van der Waals surface area (Å²) in [6, 6.07) is 12.8. The second-order valence-electron chi connectivity index (χ2n) is 5.79. The van der Waals surface area contributed by atoms with Gasteiger partial charge in [0.2, 0.25) is 0 Å². The fourth-order valence-corrected chi connectivity index (χ4v) is 3.85. The van der Waals surface area contributed by atoms with Crippen LogP contribution in [0.1, 0.15) is 18.2 Å². The third-order valence-corrected chi connectivity index (χ3v) is 5.47. The molecule has 2 amide bonds. The van der Waals surface area contributed by atoms with Gasteiger partial charge in [0.1, 0.15) is 6.17 Å². The summed E-state index contributed by atoms with van der Waals surface area (Å²) in [5, 5.41) is 5.35. The van der Waals surface area contributed by atoms with Crippen molar-refractivity contribution in [3.8, 4) is 0 Å². The number of urea groups is 1. The van der Waals surface area contributed by atoms with Crippen molar-refractivity contribution in [3.63, 3.8) is 0 Å². The van der Waals surface area contributed by atoms with Gasteiger partial charge in [-0.05, 0) is 30.7 Å². The predicted octanol–water partition coefficient (Wildman–Crippen LogP) is 5.21. The SMILES string of the molecule is O=C1N(c2ccc(Cl)c(Cl)c2)C(c2ccccc2Cl)N2CCCN12. The fourth-order valence-electron chi connectivity index (χ4n) is 3.32. The maximum absolute atomic E-state index is 13.0. The summed E-state index contributed by atoms with van der Waals surface area (Å²) < 4.78 is 0.